The van der Waals surface area contributed by atoms with Crippen LogP contribution in [0.25, 0.3) is 0 Å². The molecule has 0 amide bonds. The Bertz CT molecular complexity index is 535. The molecule has 4 unspecified atom stereocenters. The summed E-state index contributed by atoms with van der Waals surface area (Å²) >= 11 is 0. The second-order valence-electron chi connectivity index (χ2n) is 7.29. The van der Waals surface area contributed by atoms with Crippen molar-refractivity contribution in [3.05, 3.63) is 0 Å². The molecule has 0 bridgehead atoms. The number of rotatable bonds is 16. The van der Waals surface area contributed by atoms with Crippen molar-refractivity contribution in [3.63, 3.8) is 0 Å². The fraction of sp³-hybridized carbons (Fsp3) is 0.952. The van der Waals surface area contributed by atoms with Crippen molar-refractivity contribution in [2.24, 2.45) is 0 Å². The molecule has 12 heteroatoms. The van der Waals surface area contributed by atoms with Gasteiger partial charge in [-0.25, -0.2) is 4.79 Å². The lowest BCUT2D eigenvalue weighted by Gasteiger charge is -2.44. The number of ether oxygens (including phenoxy) is 11. The summed E-state index contributed by atoms with van der Waals surface area (Å²) < 4.78 is 61.1. The highest BCUT2D eigenvalue weighted by atomic mass is 16.7. The first-order valence-corrected chi connectivity index (χ1v) is 10.5. The molecule has 1 aliphatic rings. The number of esters is 1. The Morgan fingerprint density at radius 1 is 0.758 bits per heavy atom. The van der Waals surface area contributed by atoms with Crippen molar-refractivity contribution in [1.82, 2.24) is 0 Å². The van der Waals surface area contributed by atoms with Gasteiger partial charge in [-0.05, 0) is 0 Å². The first-order chi connectivity index (χ1) is 15.9. The molecule has 0 aliphatic carbocycles. The third-order valence-electron chi connectivity index (χ3n) is 5.69. The first-order valence-electron chi connectivity index (χ1n) is 10.5. The van der Waals surface area contributed by atoms with E-state index >= 15 is 0 Å². The van der Waals surface area contributed by atoms with E-state index in [9.17, 15) is 4.79 Å². The average Bonchev–Trinajstić information content (AvgIpc) is 2.84. The van der Waals surface area contributed by atoms with E-state index in [0.29, 0.717) is 0 Å². The second kappa shape index (κ2) is 15.9. The molecule has 0 aromatic heterocycles. The molecule has 0 N–H and O–H groups in total. The topological polar surface area (TPSA) is 119 Å². The van der Waals surface area contributed by atoms with Crippen LogP contribution in [-0.4, -0.2) is 138 Å². The molecule has 12 nitrogen and oxygen atoms in total. The summed E-state index contributed by atoms with van der Waals surface area (Å²) in [4.78, 5) is 12.2. The zero-order valence-electron chi connectivity index (χ0n) is 21.0. The molecule has 0 radical (unpaired) electrons. The highest BCUT2D eigenvalue weighted by Gasteiger charge is 2.48. The second-order valence-corrected chi connectivity index (χ2v) is 7.29. The number of hydrogen-bond donors (Lipinski definition) is 0. The third kappa shape index (κ3) is 7.52. The molecule has 1 aliphatic heterocycles. The van der Waals surface area contributed by atoms with Crippen LogP contribution in [0.2, 0.25) is 0 Å². The molecule has 196 valence electrons. The van der Waals surface area contributed by atoms with Gasteiger partial charge in [0.2, 0.25) is 0 Å². The highest BCUT2D eigenvalue weighted by Crippen LogP contribution is 2.29. The molecule has 1 rings (SSSR count). The van der Waals surface area contributed by atoms with Crippen LogP contribution < -0.4 is 0 Å². The number of methoxy groups -OCH3 is 9. The maximum absolute atomic E-state index is 12.2. The summed E-state index contributed by atoms with van der Waals surface area (Å²) in [5.41, 5.74) is 0. The van der Waals surface area contributed by atoms with E-state index in [-0.39, 0.29) is 13.2 Å². The minimum Gasteiger partial charge on any atom is -0.467 e. The summed E-state index contributed by atoms with van der Waals surface area (Å²) in [6.45, 7) is 0.286. The van der Waals surface area contributed by atoms with Crippen LogP contribution in [0.5, 0.6) is 0 Å². The molecule has 1 fully saturated rings. The van der Waals surface area contributed by atoms with Gasteiger partial charge in [0.05, 0.1) is 20.3 Å². The van der Waals surface area contributed by atoms with Gasteiger partial charge in [0.25, 0.3) is 0 Å². The molecule has 9 atom stereocenters. The van der Waals surface area contributed by atoms with Crippen LogP contribution in [0, 0.1) is 0 Å². The van der Waals surface area contributed by atoms with Gasteiger partial charge in [0.1, 0.15) is 42.7 Å². The number of carbonyl (C=O) groups excluding carboxylic acids is 1. The Morgan fingerprint density at radius 2 is 1.36 bits per heavy atom. The van der Waals surface area contributed by atoms with E-state index in [1.165, 1.54) is 42.7 Å². The fourth-order valence-corrected chi connectivity index (χ4v) is 4.01. The highest BCUT2D eigenvalue weighted by molar-refractivity contribution is 5.75. The zero-order valence-corrected chi connectivity index (χ0v) is 21.0. The average molecular weight is 485 g/mol. The monoisotopic (exact) mass is 484 g/mol. The van der Waals surface area contributed by atoms with Gasteiger partial charge in [0, 0.05) is 56.9 Å². The Kier molecular flexibility index (Phi) is 14.5. The molecule has 0 aromatic rings. The summed E-state index contributed by atoms with van der Waals surface area (Å²) in [5.74, 6) is -0.604. The lowest BCUT2D eigenvalue weighted by molar-refractivity contribution is -0.319. The molecule has 1 heterocycles. The minimum atomic E-state index is -1.04. The van der Waals surface area contributed by atoms with Crippen molar-refractivity contribution in [3.8, 4) is 0 Å². The van der Waals surface area contributed by atoms with Gasteiger partial charge < -0.3 is 52.1 Å². The molecule has 0 spiro atoms. The summed E-state index contributed by atoms with van der Waals surface area (Å²) in [6.07, 6.45) is -6.03. The maximum atomic E-state index is 12.2. The van der Waals surface area contributed by atoms with Crippen LogP contribution in [0.15, 0.2) is 0 Å². The van der Waals surface area contributed by atoms with Crippen LogP contribution in [0.1, 0.15) is 0 Å². The molecular weight excluding hydrogens is 444 g/mol. The lowest BCUT2D eigenvalue weighted by atomic mass is 9.98. The van der Waals surface area contributed by atoms with Crippen molar-refractivity contribution in [2.75, 3.05) is 77.2 Å². The van der Waals surface area contributed by atoms with Crippen LogP contribution in [-0.2, 0) is 56.9 Å². The fourth-order valence-electron chi connectivity index (χ4n) is 4.01. The van der Waals surface area contributed by atoms with Gasteiger partial charge in [-0.3, -0.25) is 0 Å². The van der Waals surface area contributed by atoms with Crippen LogP contribution in [0.4, 0.5) is 0 Å². The van der Waals surface area contributed by atoms with Gasteiger partial charge >= 0.3 is 5.97 Å². The Labute approximate surface area is 195 Å². The van der Waals surface area contributed by atoms with Gasteiger partial charge in [0.15, 0.2) is 12.4 Å². The van der Waals surface area contributed by atoms with Crippen molar-refractivity contribution < 1.29 is 56.9 Å². The van der Waals surface area contributed by atoms with Crippen molar-refractivity contribution in [1.29, 1.82) is 0 Å². The summed E-state index contributed by atoms with van der Waals surface area (Å²) in [6, 6.07) is 0. The van der Waals surface area contributed by atoms with Gasteiger partial charge in [-0.2, -0.15) is 0 Å². The molecule has 0 saturated carbocycles. The number of carbonyl (C=O) groups is 1. The third-order valence-corrected chi connectivity index (χ3v) is 5.69. The van der Waals surface area contributed by atoms with E-state index in [1.54, 1.807) is 21.3 Å². The Morgan fingerprint density at radius 3 is 1.79 bits per heavy atom. The van der Waals surface area contributed by atoms with E-state index < -0.39 is 61.1 Å². The predicted octanol–water partition coefficient (Wildman–Crippen LogP) is -0.348. The van der Waals surface area contributed by atoms with E-state index in [0.717, 1.165) is 0 Å². The predicted molar refractivity (Wildman–Crippen MR) is 114 cm³/mol. The van der Waals surface area contributed by atoms with Gasteiger partial charge in [-0.15, -0.1) is 0 Å². The Balaban J connectivity index is 3.04. The minimum absolute atomic E-state index is 0.0186. The zero-order chi connectivity index (χ0) is 25.0. The summed E-state index contributed by atoms with van der Waals surface area (Å²) in [7, 11) is 13.3. The number of hydrogen-bond acceptors (Lipinski definition) is 12. The van der Waals surface area contributed by atoms with E-state index in [1.807, 2.05) is 0 Å². The van der Waals surface area contributed by atoms with Crippen LogP contribution in [0.3, 0.4) is 0 Å². The molecule has 1 saturated heterocycles. The Hall–Kier alpha value is -0.930. The van der Waals surface area contributed by atoms with Gasteiger partial charge in [-0.1, -0.05) is 0 Å². The van der Waals surface area contributed by atoms with Crippen LogP contribution >= 0.6 is 0 Å². The SMILES string of the molecule is COC[C@H]1O[C@H](OCC(OC)C(OC)C(OC)C(OC)C(=O)OC)[C@H](OC)[C@@H](OC)[C@@H]1OC. The molecule has 0 aromatic carbocycles. The lowest BCUT2D eigenvalue weighted by Crippen LogP contribution is -2.61. The van der Waals surface area contributed by atoms with E-state index in [2.05, 4.69) is 0 Å². The largest absolute Gasteiger partial charge is 0.467 e. The maximum Gasteiger partial charge on any atom is 0.337 e. The first kappa shape index (κ1) is 30.1. The van der Waals surface area contributed by atoms with E-state index in [4.69, 9.17) is 52.1 Å². The molecular formula is C21H40O12. The molecule has 33 heavy (non-hydrogen) atoms. The van der Waals surface area contributed by atoms with Crippen molar-refractivity contribution in [2.45, 2.75) is 55.1 Å². The standard InChI is InChI=1S/C21H40O12/c1-23-10-13-15(26-4)17(28-6)19(30-8)21(33-13)32-11-12(24-2)14(25-3)16(27-5)18(29-7)20(22)31-9/h12-19,21H,10-11H2,1-9H3/t12?,13-,14?,15-,16?,17+,18?,19-,21+/m1/s1. The normalized spacial score (nSPS) is 29.3. The smallest absolute Gasteiger partial charge is 0.337 e. The van der Waals surface area contributed by atoms with Crippen molar-refractivity contribution >= 4 is 5.97 Å². The quantitative estimate of drug-likeness (QED) is 0.267. The summed E-state index contributed by atoms with van der Waals surface area (Å²) in [5, 5.41) is 0.